The molecule has 0 saturated carbocycles. The van der Waals surface area contributed by atoms with Gasteiger partial charge in [-0.05, 0) is 18.6 Å². The van der Waals surface area contributed by atoms with Gasteiger partial charge in [-0.2, -0.15) is 0 Å². The van der Waals surface area contributed by atoms with E-state index in [9.17, 15) is 12.8 Å². The number of hydrogen-bond acceptors (Lipinski definition) is 6. The lowest BCUT2D eigenvalue weighted by molar-refractivity contribution is 0.597. The molecule has 0 fully saturated rings. The van der Waals surface area contributed by atoms with Crippen LogP contribution in [-0.4, -0.2) is 18.4 Å². The van der Waals surface area contributed by atoms with Gasteiger partial charge in [-0.25, -0.2) is 28.6 Å². The molecule has 0 aliphatic carbocycles. The Labute approximate surface area is 115 Å². The van der Waals surface area contributed by atoms with E-state index in [-0.39, 0.29) is 16.5 Å². The molecule has 7 nitrogen and oxygen atoms in total. The number of hydrogen-bond donors (Lipinski definition) is 3. The zero-order valence-electron chi connectivity index (χ0n) is 10.5. The van der Waals surface area contributed by atoms with E-state index < -0.39 is 15.8 Å². The Morgan fingerprint density at radius 3 is 2.45 bits per heavy atom. The SMILES string of the molecule is Cc1cccc(F)c1NS(=O)(=O)c1cnc(NN)nc1. The molecule has 9 heteroatoms. The molecule has 4 N–H and O–H groups in total. The smallest absolute Gasteiger partial charge is 0.265 e. The highest BCUT2D eigenvalue weighted by atomic mass is 32.2. The molecule has 1 heterocycles. The van der Waals surface area contributed by atoms with E-state index in [1.54, 1.807) is 13.0 Å². The number of benzene rings is 1. The van der Waals surface area contributed by atoms with Gasteiger partial charge in [0.05, 0.1) is 18.1 Å². The van der Waals surface area contributed by atoms with Crippen molar-refractivity contribution in [3.05, 3.63) is 42.0 Å². The van der Waals surface area contributed by atoms with Crippen molar-refractivity contribution >= 4 is 21.7 Å². The van der Waals surface area contributed by atoms with Crippen LogP contribution in [0.15, 0.2) is 35.5 Å². The summed E-state index contributed by atoms with van der Waals surface area (Å²) < 4.78 is 40.0. The zero-order valence-corrected chi connectivity index (χ0v) is 11.3. The first kappa shape index (κ1) is 14.2. The fourth-order valence-electron chi connectivity index (χ4n) is 1.48. The lowest BCUT2D eigenvalue weighted by Gasteiger charge is -2.11. The Hall–Kier alpha value is -2.26. The molecule has 0 radical (unpaired) electrons. The number of nitrogens with two attached hydrogens (primary N) is 1. The van der Waals surface area contributed by atoms with E-state index >= 15 is 0 Å². The number of nitrogens with one attached hydrogen (secondary N) is 2. The number of rotatable bonds is 4. The van der Waals surface area contributed by atoms with E-state index in [2.05, 4.69) is 20.1 Å². The highest BCUT2D eigenvalue weighted by Gasteiger charge is 2.18. The standard InChI is InChI=1S/C11H12FN5O2S/c1-7-3-2-4-9(12)10(7)17-20(18,19)8-5-14-11(16-13)15-6-8/h2-6,17H,13H2,1H3,(H,14,15,16). The predicted molar refractivity (Wildman–Crippen MR) is 71.8 cm³/mol. The van der Waals surface area contributed by atoms with Crippen LogP contribution in [0.3, 0.4) is 0 Å². The van der Waals surface area contributed by atoms with Crippen LogP contribution < -0.4 is 16.0 Å². The van der Waals surface area contributed by atoms with Gasteiger partial charge in [0, 0.05) is 0 Å². The molecule has 2 rings (SSSR count). The quantitative estimate of drug-likeness (QED) is 0.574. The van der Waals surface area contributed by atoms with Crippen molar-refractivity contribution in [2.24, 2.45) is 5.84 Å². The molecule has 106 valence electrons. The Morgan fingerprint density at radius 2 is 1.90 bits per heavy atom. The molecular formula is C11H12FN5O2S. The molecule has 0 unspecified atom stereocenters. The molecule has 0 amide bonds. The summed E-state index contributed by atoms with van der Waals surface area (Å²) in [5, 5.41) is 0. The van der Waals surface area contributed by atoms with Gasteiger partial charge in [-0.3, -0.25) is 10.1 Å². The monoisotopic (exact) mass is 297 g/mol. The van der Waals surface area contributed by atoms with Crippen LogP contribution in [0.25, 0.3) is 0 Å². The highest BCUT2D eigenvalue weighted by molar-refractivity contribution is 7.92. The summed E-state index contributed by atoms with van der Waals surface area (Å²) in [6.07, 6.45) is 2.14. The number of hydrazine groups is 1. The average Bonchev–Trinajstić information content (AvgIpc) is 2.43. The van der Waals surface area contributed by atoms with Gasteiger partial charge in [0.1, 0.15) is 10.7 Å². The first-order valence-corrected chi connectivity index (χ1v) is 6.99. The third-order valence-electron chi connectivity index (χ3n) is 2.53. The molecule has 0 aliphatic rings. The van der Waals surface area contributed by atoms with Crippen LogP contribution in [0, 0.1) is 12.7 Å². The number of sulfonamides is 1. The maximum Gasteiger partial charge on any atom is 0.265 e. The Kier molecular flexibility index (Phi) is 3.81. The Bertz CT molecular complexity index is 698. The second-order valence-electron chi connectivity index (χ2n) is 3.92. The van der Waals surface area contributed by atoms with Crippen molar-refractivity contribution < 1.29 is 12.8 Å². The van der Waals surface area contributed by atoms with E-state index in [0.29, 0.717) is 5.56 Å². The first-order valence-electron chi connectivity index (χ1n) is 5.50. The second-order valence-corrected chi connectivity index (χ2v) is 5.61. The third-order valence-corrected chi connectivity index (χ3v) is 3.83. The largest absolute Gasteiger partial charge is 0.292 e. The van der Waals surface area contributed by atoms with Crippen LogP contribution in [0.1, 0.15) is 5.56 Å². The minimum absolute atomic E-state index is 0.0750. The predicted octanol–water partition coefficient (Wildman–Crippen LogP) is 1.01. The van der Waals surface area contributed by atoms with E-state index in [1.807, 2.05) is 0 Å². The van der Waals surface area contributed by atoms with Gasteiger partial charge in [-0.1, -0.05) is 12.1 Å². The van der Waals surface area contributed by atoms with Crippen LogP contribution in [0.2, 0.25) is 0 Å². The van der Waals surface area contributed by atoms with Crippen molar-refractivity contribution in [1.29, 1.82) is 0 Å². The normalized spacial score (nSPS) is 11.2. The maximum atomic E-state index is 13.6. The third kappa shape index (κ3) is 2.83. The van der Waals surface area contributed by atoms with Gasteiger partial charge in [0.2, 0.25) is 5.95 Å². The molecular weight excluding hydrogens is 285 g/mol. The fourth-order valence-corrected chi connectivity index (χ4v) is 2.51. The molecule has 1 aromatic heterocycles. The van der Waals surface area contributed by atoms with Crippen molar-refractivity contribution in [2.75, 3.05) is 10.1 Å². The van der Waals surface area contributed by atoms with Crippen LogP contribution >= 0.6 is 0 Å². The number of halogens is 1. The van der Waals surface area contributed by atoms with Crippen molar-refractivity contribution in [1.82, 2.24) is 9.97 Å². The number of nitrogen functional groups attached to an aromatic ring is 1. The average molecular weight is 297 g/mol. The number of nitrogens with zero attached hydrogens (tertiary/aromatic N) is 2. The molecule has 2 aromatic rings. The highest BCUT2D eigenvalue weighted by Crippen LogP contribution is 2.22. The maximum absolute atomic E-state index is 13.6. The molecule has 20 heavy (non-hydrogen) atoms. The van der Waals surface area contributed by atoms with Crippen LogP contribution in [-0.2, 0) is 10.0 Å². The van der Waals surface area contributed by atoms with Crippen LogP contribution in [0.5, 0.6) is 0 Å². The molecule has 0 saturated heterocycles. The van der Waals surface area contributed by atoms with Crippen molar-refractivity contribution in [3.63, 3.8) is 0 Å². The van der Waals surface area contributed by atoms with Gasteiger partial charge < -0.3 is 0 Å². The van der Waals surface area contributed by atoms with E-state index in [4.69, 9.17) is 5.84 Å². The summed E-state index contributed by atoms with van der Waals surface area (Å²) in [5.74, 6) is 4.50. The summed E-state index contributed by atoms with van der Waals surface area (Å²) in [6.45, 7) is 1.60. The van der Waals surface area contributed by atoms with Gasteiger partial charge in [0.15, 0.2) is 0 Å². The first-order chi connectivity index (χ1) is 9.44. The van der Waals surface area contributed by atoms with Crippen LogP contribution in [0.4, 0.5) is 16.0 Å². The summed E-state index contributed by atoms with van der Waals surface area (Å²) in [5.41, 5.74) is 2.54. The number of anilines is 2. The molecule has 0 bridgehead atoms. The summed E-state index contributed by atoms with van der Waals surface area (Å²) >= 11 is 0. The molecule has 1 aromatic carbocycles. The number of aryl methyl sites for hydroxylation is 1. The molecule has 0 atom stereocenters. The Balaban J connectivity index is 2.35. The Morgan fingerprint density at radius 1 is 1.25 bits per heavy atom. The number of aromatic nitrogens is 2. The van der Waals surface area contributed by atoms with E-state index in [0.717, 1.165) is 12.4 Å². The lowest BCUT2D eigenvalue weighted by Crippen LogP contribution is -2.16. The summed E-state index contributed by atoms with van der Waals surface area (Å²) in [4.78, 5) is 7.18. The minimum Gasteiger partial charge on any atom is -0.292 e. The van der Waals surface area contributed by atoms with Gasteiger partial charge in [-0.15, -0.1) is 0 Å². The second kappa shape index (κ2) is 5.39. The van der Waals surface area contributed by atoms with Gasteiger partial charge in [0.25, 0.3) is 10.0 Å². The van der Waals surface area contributed by atoms with Gasteiger partial charge >= 0.3 is 0 Å². The van der Waals surface area contributed by atoms with E-state index in [1.165, 1.54) is 12.1 Å². The topological polar surface area (TPSA) is 110 Å². The summed E-state index contributed by atoms with van der Waals surface area (Å²) in [7, 11) is -3.97. The number of para-hydroxylation sites is 1. The fraction of sp³-hybridized carbons (Fsp3) is 0.0909. The van der Waals surface area contributed by atoms with Crippen molar-refractivity contribution in [2.45, 2.75) is 11.8 Å². The lowest BCUT2D eigenvalue weighted by atomic mass is 10.2. The molecule has 0 aliphatic heterocycles. The molecule has 0 spiro atoms. The van der Waals surface area contributed by atoms with Crippen molar-refractivity contribution in [3.8, 4) is 0 Å². The zero-order chi connectivity index (χ0) is 14.8. The summed E-state index contributed by atoms with van der Waals surface area (Å²) in [6, 6.07) is 4.26. The minimum atomic E-state index is -3.97.